The minimum Gasteiger partial charge on any atom is -0.303 e. The van der Waals surface area contributed by atoms with Crippen molar-refractivity contribution in [2.24, 2.45) is 0 Å². The average molecular weight is 278 g/mol. The van der Waals surface area contributed by atoms with Crippen molar-refractivity contribution in [1.82, 2.24) is 15.1 Å². The molecule has 0 fully saturated rings. The smallest absolute Gasteiger partial charge is 0.0762 e. The van der Waals surface area contributed by atoms with Crippen LogP contribution in [-0.2, 0) is 6.54 Å². The number of aromatic nitrogens is 2. The summed E-state index contributed by atoms with van der Waals surface area (Å²) in [6.07, 6.45) is 2.90. The first-order chi connectivity index (χ1) is 8.06. The van der Waals surface area contributed by atoms with Crippen molar-refractivity contribution >= 4 is 23.2 Å². The van der Waals surface area contributed by atoms with Gasteiger partial charge in [0.1, 0.15) is 0 Å². The van der Waals surface area contributed by atoms with Gasteiger partial charge in [-0.15, -0.1) is 23.2 Å². The van der Waals surface area contributed by atoms with Crippen LogP contribution in [0.5, 0.6) is 0 Å². The van der Waals surface area contributed by atoms with Gasteiger partial charge in [-0.2, -0.15) is 5.10 Å². The van der Waals surface area contributed by atoms with E-state index in [0.29, 0.717) is 24.3 Å². The molecule has 1 rings (SSSR count). The van der Waals surface area contributed by atoms with Gasteiger partial charge in [0.2, 0.25) is 0 Å². The van der Waals surface area contributed by atoms with Crippen molar-refractivity contribution in [2.45, 2.75) is 45.3 Å². The number of alkyl halides is 2. The molecule has 0 atom stereocenters. The lowest BCUT2D eigenvalue weighted by Gasteiger charge is -2.29. The Morgan fingerprint density at radius 3 is 2.47 bits per heavy atom. The van der Waals surface area contributed by atoms with Gasteiger partial charge in [-0.3, -0.25) is 4.68 Å². The average Bonchev–Trinajstić information content (AvgIpc) is 2.81. The molecule has 1 N–H and O–H groups in total. The highest BCUT2D eigenvalue weighted by Crippen LogP contribution is 2.15. The molecule has 0 unspecified atom stereocenters. The summed E-state index contributed by atoms with van der Waals surface area (Å²) in [6, 6.07) is 2.41. The molecule has 0 spiro atoms. The molecule has 0 aliphatic carbocycles. The van der Waals surface area contributed by atoms with E-state index in [-0.39, 0.29) is 5.54 Å². The monoisotopic (exact) mass is 277 g/mol. The van der Waals surface area contributed by atoms with Gasteiger partial charge in [-0.1, -0.05) is 6.92 Å². The predicted molar refractivity (Wildman–Crippen MR) is 73.9 cm³/mol. The molecule has 1 aromatic rings. The second-order valence-electron chi connectivity index (χ2n) is 4.64. The second kappa shape index (κ2) is 6.62. The van der Waals surface area contributed by atoms with E-state index in [1.165, 1.54) is 0 Å². The first kappa shape index (κ1) is 14.8. The molecular formula is C12H21Cl2N3. The number of hydrogen-bond acceptors (Lipinski definition) is 2. The molecule has 0 radical (unpaired) electrons. The van der Waals surface area contributed by atoms with Crippen molar-refractivity contribution < 1.29 is 0 Å². The van der Waals surface area contributed by atoms with Crippen LogP contribution in [0.3, 0.4) is 0 Å². The SMILES string of the molecule is CCC(CCl)(CCl)NCc1ccn(C(C)C)n1. The van der Waals surface area contributed by atoms with Crippen molar-refractivity contribution in [3.8, 4) is 0 Å². The Balaban J connectivity index is 2.59. The highest BCUT2D eigenvalue weighted by atomic mass is 35.5. The van der Waals surface area contributed by atoms with Crippen LogP contribution >= 0.6 is 23.2 Å². The van der Waals surface area contributed by atoms with E-state index >= 15 is 0 Å². The molecule has 0 saturated heterocycles. The molecule has 0 aliphatic rings. The first-order valence-electron chi connectivity index (χ1n) is 5.98. The predicted octanol–water partition coefficient (Wildman–Crippen LogP) is 3.18. The Hall–Kier alpha value is -0.250. The first-order valence-corrected chi connectivity index (χ1v) is 7.05. The zero-order valence-corrected chi connectivity index (χ0v) is 12.2. The molecule has 1 aromatic heterocycles. The maximum atomic E-state index is 5.97. The van der Waals surface area contributed by atoms with Gasteiger partial charge in [-0.25, -0.2) is 0 Å². The Kier molecular flexibility index (Phi) is 5.77. The molecule has 0 aliphatic heterocycles. The van der Waals surface area contributed by atoms with Gasteiger partial charge >= 0.3 is 0 Å². The zero-order chi connectivity index (χ0) is 12.9. The summed E-state index contributed by atoms with van der Waals surface area (Å²) in [5.74, 6) is 1.02. The van der Waals surface area contributed by atoms with Gasteiger partial charge < -0.3 is 5.32 Å². The van der Waals surface area contributed by atoms with Crippen molar-refractivity contribution in [2.75, 3.05) is 11.8 Å². The Morgan fingerprint density at radius 2 is 2.06 bits per heavy atom. The summed E-state index contributed by atoms with van der Waals surface area (Å²) in [5.41, 5.74) is 0.830. The molecule has 0 aromatic carbocycles. The maximum absolute atomic E-state index is 5.97. The van der Waals surface area contributed by atoms with E-state index in [4.69, 9.17) is 23.2 Å². The van der Waals surface area contributed by atoms with E-state index < -0.39 is 0 Å². The van der Waals surface area contributed by atoms with E-state index in [2.05, 4.69) is 31.2 Å². The Labute approximate surface area is 113 Å². The summed E-state index contributed by atoms with van der Waals surface area (Å²) < 4.78 is 1.95. The standard InChI is InChI=1S/C12H21Cl2N3/c1-4-12(8-13,9-14)15-7-11-5-6-17(16-11)10(2)3/h5-6,10,15H,4,7-9H2,1-3H3. The minimum absolute atomic E-state index is 0.190. The van der Waals surface area contributed by atoms with E-state index in [9.17, 15) is 0 Å². The molecule has 3 nitrogen and oxygen atoms in total. The molecule has 0 bridgehead atoms. The van der Waals surface area contributed by atoms with Gasteiger partial charge in [-0.05, 0) is 26.3 Å². The van der Waals surface area contributed by atoms with Crippen LogP contribution in [0.25, 0.3) is 0 Å². The Bertz CT molecular complexity index is 324. The lowest BCUT2D eigenvalue weighted by atomic mass is 10.0. The second-order valence-corrected chi connectivity index (χ2v) is 5.17. The molecular weight excluding hydrogens is 257 g/mol. The summed E-state index contributed by atoms with van der Waals surface area (Å²) in [4.78, 5) is 0. The number of rotatable bonds is 7. The van der Waals surface area contributed by atoms with Crippen LogP contribution in [-0.4, -0.2) is 27.1 Å². The number of nitrogens with one attached hydrogen (secondary N) is 1. The van der Waals surface area contributed by atoms with Gasteiger partial charge in [0.25, 0.3) is 0 Å². The van der Waals surface area contributed by atoms with Crippen LogP contribution in [0.4, 0.5) is 0 Å². The summed E-state index contributed by atoms with van der Waals surface area (Å²) >= 11 is 11.9. The van der Waals surface area contributed by atoms with Crippen LogP contribution in [0.2, 0.25) is 0 Å². The van der Waals surface area contributed by atoms with Gasteiger partial charge in [0.05, 0.1) is 5.69 Å². The van der Waals surface area contributed by atoms with Crippen LogP contribution in [0.15, 0.2) is 12.3 Å². The molecule has 98 valence electrons. The molecule has 0 saturated carbocycles. The number of nitrogens with zero attached hydrogens (tertiary/aromatic N) is 2. The lowest BCUT2D eigenvalue weighted by Crippen LogP contribution is -2.48. The molecule has 1 heterocycles. The van der Waals surface area contributed by atoms with Crippen LogP contribution in [0.1, 0.15) is 38.9 Å². The maximum Gasteiger partial charge on any atom is 0.0762 e. The third kappa shape index (κ3) is 3.87. The zero-order valence-electron chi connectivity index (χ0n) is 10.7. The summed E-state index contributed by atoms with van der Waals surface area (Å²) in [5, 5.41) is 7.89. The Morgan fingerprint density at radius 1 is 1.41 bits per heavy atom. The normalized spacial score (nSPS) is 12.4. The summed E-state index contributed by atoms with van der Waals surface area (Å²) in [6.45, 7) is 7.01. The van der Waals surface area contributed by atoms with Crippen molar-refractivity contribution in [1.29, 1.82) is 0 Å². The largest absolute Gasteiger partial charge is 0.303 e. The van der Waals surface area contributed by atoms with Crippen LogP contribution < -0.4 is 5.32 Å². The van der Waals surface area contributed by atoms with E-state index in [1.54, 1.807) is 0 Å². The fourth-order valence-corrected chi connectivity index (χ4v) is 2.33. The number of hydrogen-bond donors (Lipinski definition) is 1. The summed E-state index contributed by atoms with van der Waals surface area (Å²) in [7, 11) is 0. The quantitative estimate of drug-likeness (QED) is 0.776. The minimum atomic E-state index is -0.190. The fourth-order valence-electron chi connectivity index (χ4n) is 1.48. The highest BCUT2D eigenvalue weighted by molar-refractivity contribution is 6.22. The van der Waals surface area contributed by atoms with Crippen molar-refractivity contribution in [3.05, 3.63) is 18.0 Å². The topological polar surface area (TPSA) is 29.9 Å². The van der Waals surface area contributed by atoms with E-state index in [1.807, 2.05) is 16.9 Å². The molecule has 5 heteroatoms. The van der Waals surface area contributed by atoms with Crippen LogP contribution in [0, 0.1) is 0 Å². The molecule has 17 heavy (non-hydrogen) atoms. The third-order valence-corrected chi connectivity index (χ3v) is 4.05. The third-order valence-electron chi connectivity index (χ3n) is 3.03. The lowest BCUT2D eigenvalue weighted by molar-refractivity contribution is 0.380. The van der Waals surface area contributed by atoms with E-state index in [0.717, 1.165) is 12.1 Å². The van der Waals surface area contributed by atoms with Gasteiger partial charge in [0.15, 0.2) is 0 Å². The highest BCUT2D eigenvalue weighted by Gasteiger charge is 2.25. The van der Waals surface area contributed by atoms with Gasteiger partial charge in [0, 0.05) is 36.1 Å². The van der Waals surface area contributed by atoms with Crippen molar-refractivity contribution in [3.63, 3.8) is 0 Å². The molecule has 0 amide bonds. The fraction of sp³-hybridized carbons (Fsp3) is 0.750. The number of halogens is 2.